The lowest BCUT2D eigenvalue weighted by molar-refractivity contribution is -0.132. The molecule has 2 rings (SSSR count). The minimum atomic E-state index is -3.64. The fraction of sp³-hybridized carbons (Fsp3) is 0.462. The first-order valence-corrected chi connectivity index (χ1v) is 7.86. The lowest BCUT2D eigenvalue weighted by Gasteiger charge is -2.31. The van der Waals surface area contributed by atoms with Gasteiger partial charge in [-0.15, -0.1) is 0 Å². The van der Waals surface area contributed by atoms with E-state index in [9.17, 15) is 13.2 Å². The summed E-state index contributed by atoms with van der Waals surface area (Å²) < 4.78 is 26.3. The Kier molecular flexibility index (Phi) is 4.12. The summed E-state index contributed by atoms with van der Waals surface area (Å²) in [7, 11) is -1.97. The van der Waals surface area contributed by atoms with E-state index in [1.165, 1.54) is 15.3 Å². The Bertz CT molecular complexity index is 613. The van der Waals surface area contributed by atoms with Gasteiger partial charge in [0.05, 0.1) is 11.4 Å². The minimum Gasteiger partial charge on any atom is -0.343 e. The van der Waals surface area contributed by atoms with Crippen LogP contribution in [-0.2, 0) is 14.8 Å². The van der Waals surface area contributed by atoms with Crippen LogP contribution in [0.25, 0.3) is 0 Å². The molecule has 0 saturated carbocycles. The topological polar surface area (TPSA) is 83.7 Å². The van der Waals surface area contributed by atoms with Gasteiger partial charge in [0, 0.05) is 26.2 Å². The fourth-order valence-corrected chi connectivity index (χ4v) is 3.49. The SMILES string of the molecule is CC(N)c1cccc(S(=O)(=O)N2CCN(C)C(=O)C2)c1. The molecule has 1 unspecified atom stereocenters. The first kappa shape index (κ1) is 15.0. The number of sulfonamides is 1. The first-order valence-electron chi connectivity index (χ1n) is 6.42. The monoisotopic (exact) mass is 297 g/mol. The molecule has 0 bridgehead atoms. The van der Waals surface area contributed by atoms with Crippen LogP contribution in [0, 0.1) is 0 Å². The first-order chi connectivity index (χ1) is 9.32. The van der Waals surface area contributed by atoms with Crippen molar-refractivity contribution in [3.8, 4) is 0 Å². The maximum atomic E-state index is 12.5. The summed E-state index contributed by atoms with van der Waals surface area (Å²) >= 11 is 0. The highest BCUT2D eigenvalue weighted by atomic mass is 32.2. The van der Waals surface area contributed by atoms with E-state index < -0.39 is 10.0 Å². The van der Waals surface area contributed by atoms with Crippen molar-refractivity contribution in [3.63, 3.8) is 0 Å². The van der Waals surface area contributed by atoms with Gasteiger partial charge < -0.3 is 10.6 Å². The van der Waals surface area contributed by atoms with Crippen LogP contribution in [0.3, 0.4) is 0 Å². The Morgan fingerprint density at radius 1 is 1.30 bits per heavy atom. The Hall–Kier alpha value is -1.44. The maximum absolute atomic E-state index is 12.5. The Morgan fingerprint density at radius 3 is 2.60 bits per heavy atom. The third-order valence-corrected chi connectivity index (χ3v) is 5.28. The largest absolute Gasteiger partial charge is 0.343 e. The van der Waals surface area contributed by atoms with E-state index in [0.717, 1.165) is 5.56 Å². The fourth-order valence-electron chi connectivity index (χ4n) is 2.05. The van der Waals surface area contributed by atoms with Gasteiger partial charge in [-0.3, -0.25) is 4.79 Å². The van der Waals surface area contributed by atoms with E-state index in [1.807, 2.05) is 0 Å². The molecule has 2 N–H and O–H groups in total. The summed E-state index contributed by atoms with van der Waals surface area (Å²) in [6, 6.07) is 6.33. The van der Waals surface area contributed by atoms with Crippen molar-refractivity contribution in [2.24, 2.45) is 5.73 Å². The molecule has 1 amide bonds. The molecule has 20 heavy (non-hydrogen) atoms. The minimum absolute atomic E-state index is 0.110. The normalized spacial score (nSPS) is 19.1. The average molecular weight is 297 g/mol. The molecule has 1 aliphatic rings. The van der Waals surface area contributed by atoms with E-state index in [0.29, 0.717) is 13.1 Å². The number of likely N-dealkylation sites (N-methyl/N-ethyl adjacent to an activating group) is 1. The Labute approximate surface area is 119 Å². The van der Waals surface area contributed by atoms with E-state index in [2.05, 4.69) is 0 Å². The number of rotatable bonds is 3. The van der Waals surface area contributed by atoms with Crippen molar-refractivity contribution < 1.29 is 13.2 Å². The van der Waals surface area contributed by atoms with E-state index in [-0.39, 0.29) is 23.4 Å². The summed E-state index contributed by atoms with van der Waals surface area (Å²) in [4.78, 5) is 13.4. The number of carbonyl (C=O) groups is 1. The third-order valence-electron chi connectivity index (χ3n) is 3.44. The van der Waals surface area contributed by atoms with Crippen molar-refractivity contribution >= 4 is 15.9 Å². The van der Waals surface area contributed by atoms with Crippen molar-refractivity contribution in [1.29, 1.82) is 0 Å². The standard InChI is InChI=1S/C13H19N3O3S/c1-10(14)11-4-3-5-12(8-11)20(18,19)16-7-6-15(2)13(17)9-16/h3-5,8,10H,6-7,9,14H2,1-2H3. The molecule has 110 valence electrons. The molecule has 7 heteroatoms. The van der Waals surface area contributed by atoms with Gasteiger partial charge in [-0.05, 0) is 24.6 Å². The van der Waals surface area contributed by atoms with Gasteiger partial charge in [0.2, 0.25) is 15.9 Å². The Morgan fingerprint density at radius 2 is 2.00 bits per heavy atom. The molecule has 0 radical (unpaired) electrons. The molecule has 1 saturated heterocycles. The summed E-state index contributed by atoms with van der Waals surface area (Å²) in [5, 5.41) is 0. The number of amides is 1. The molecule has 0 aromatic heterocycles. The highest BCUT2D eigenvalue weighted by Gasteiger charge is 2.31. The number of nitrogens with two attached hydrogens (primary N) is 1. The molecule has 6 nitrogen and oxygen atoms in total. The lowest BCUT2D eigenvalue weighted by Crippen LogP contribution is -2.50. The quantitative estimate of drug-likeness (QED) is 0.862. The summed E-state index contributed by atoms with van der Waals surface area (Å²) in [5.74, 6) is -0.192. The second kappa shape index (κ2) is 5.51. The second-order valence-electron chi connectivity index (χ2n) is 5.02. The number of hydrogen-bond donors (Lipinski definition) is 1. The zero-order chi connectivity index (χ0) is 14.9. The zero-order valence-electron chi connectivity index (χ0n) is 11.6. The Balaban J connectivity index is 2.31. The van der Waals surface area contributed by atoms with Gasteiger partial charge in [-0.2, -0.15) is 4.31 Å². The maximum Gasteiger partial charge on any atom is 0.243 e. The average Bonchev–Trinajstić information content (AvgIpc) is 2.42. The van der Waals surface area contributed by atoms with Crippen molar-refractivity contribution in [2.75, 3.05) is 26.7 Å². The highest BCUT2D eigenvalue weighted by molar-refractivity contribution is 7.89. The molecular formula is C13H19N3O3S. The molecule has 0 aliphatic carbocycles. The molecule has 1 heterocycles. The molecule has 1 fully saturated rings. The van der Waals surface area contributed by atoms with E-state index >= 15 is 0 Å². The zero-order valence-corrected chi connectivity index (χ0v) is 12.4. The van der Waals surface area contributed by atoms with Crippen LogP contribution >= 0.6 is 0 Å². The molecule has 0 spiro atoms. The molecule has 1 aromatic carbocycles. The number of hydrogen-bond acceptors (Lipinski definition) is 4. The second-order valence-corrected chi connectivity index (χ2v) is 6.95. The van der Waals surface area contributed by atoms with Crippen LogP contribution in [0.5, 0.6) is 0 Å². The van der Waals surface area contributed by atoms with Crippen molar-refractivity contribution in [2.45, 2.75) is 17.9 Å². The van der Waals surface area contributed by atoms with Gasteiger partial charge >= 0.3 is 0 Å². The van der Waals surface area contributed by atoms with Gasteiger partial charge in [-0.25, -0.2) is 8.42 Å². The summed E-state index contributed by atoms with van der Waals surface area (Å²) in [6.45, 7) is 2.41. The number of piperazine rings is 1. The van der Waals surface area contributed by atoms with Crippen molar-refractivity contribution in [1.82, 2.24) is 9.21 Å². The van der Waals surface area contributed by atoms with Gasteiger partial charge in [-0.1, -0.05) is 12.1 Å². The van der Waals surface area contributed by atoms with Crippen LogP contribution in [-0.4, -0.2) is 50.2 Å². The van der Waals surface area contributed by atoms with Gasteiger partial charge in [0.1, 0.15) is 0 Å². The summed E-state index contributed by atoms with van der Waals surface area (Å²) in [5.41, 5.74) is 6.53. The van der Waals surface area contributed by atoms with Crippen LogP contribution in [0.2, 0.25) is 0 Å². The van der Waals surface area contributed by atoms with Crippen LogP contribution in [0.1, 0.15) is 18.5 Å². The predicted octanol–water partition coefficient (Wildman–Crippen LogP) is 0.169. The van der Waals surface area contributed by atoms with Crippen molar-refractivity contribution in [3.05, 3.63) is 29.8 Å². The summed E-state index contributed by atoms with van der Waals surface area (Å²) in [6.07, 6.45) is 0. The molecule has 1 atom stereocenters. The molecule has 1 aliphatic heterocycles. The number of nitrogens with zero attached hydrogens (tertiary/aromatic N) is 2. The number of benzene rings is 1. The highest BCUT2D eigenvalue weighted by Crippen LogP contribution is 2.20. The van der Waals surface area contributed by atoms with Gasteiger partial charge in [0.15, 0.2) is 0 Å². The number of carbonyl (C=O) groups excluding carboxylic acids is 1. The van der Waals surface area contributed by atoms with Gasteiger partial charge in [0.25, 0.3) is 0 Å². The predicted molar refractivity (Wildman–Crippen MR) is 75.4 cm³/mol. The lowest BCUT2D eigenvalue weighted by atomic mass is 10.1. The van der Waals surface area contributed by atoms with Crippen LogP contribution < -0.4 is 5.73 Å². The molecular weight excluding hydrogens is 278 g/mol. The molecule has 1 aromatic rings. The van der Waals surface area contributed by atoms with E-state index in [4.69, 9.17) is 5.73 Å². The third kappa shape index (κ3) is 2.84. The smallest absolute Gasteiger partial charge is 0.243 e. The van der Waals surface area contributed by atoms with Crippen LogP contribution in [0.4, 0.5) is 0 Å². The van der Waals surface area contributed by atoms with Crippen LogP contribution in [0.15, 0.2) is 29.2 Å². The van der Waals surface area contributed by atoms with E-state index in [1.54, 1.807) is 32.2 Å².